The summed E-state index contributed by atoms with van der Waals surface area (Å²) in [4.78, 5) is 12.3. The first-order valence-electron chi connectivity index (χ1n) is 7.47. The van der Waals surface area contributed by atoms with Crippen molar-refractivity contribution in [3.05, 3.63) is 54.3 Å². The van der Waals surface area contributed by atoms with Crippen LogP contribution in [-0.2, 0) is 14.6 Å². The van der Waals surface area contributed by atoms with Gasteiger partial charge in [0.15, 0.2) is 21.4 Å². The average molecular weight is 349 g/mol. The lowest BCUT2D eigenvalue weighted by Gasteiger charge is -2.15. The molecule has 1 saturated heterocycles. The van der Waals surface area contributed by atoms with E-state index in [1.54, 1.807) is 24.3 Å². The first-order valence-corrected chi connectivity index (χ1v) is 9.29. The van der Waals surface area contributed by atoms with Crippen LogP contribution in [0.1, 0.15) is 6.42 Å². The Kier molecular flexibility index (Phi) is 4.53. The fourth-order valence-electron chi connectivity index (χ4n) is 2.55. The minimum Gasteiger partial charge on any atom is -0.455 e. The highest BCUT2D eigenvalue weighted by molar-refractivity contribution is 7.91. The van der Waals surface area contributed by atoms with Crippen molar-refractivity contribution in [1.82, 2.24) is 0 Å². The minimum absolute atomic E-state index is 0.0181. The van der Waals surface area contributed by atoms with Gasteiger partial charge in [-0.25, -0.2) is 12.8 Å². The molecule has 1 amide bonds. The number of carbonyl (C=O) groups is 1. The molecule has 0 aliphatic carbocycles. The monoisotopic (exact) mass is 349 g/mol. The van der Waals surface area contributed by atoms with E-state index in [0.717, 1.165) is 0 Å². The summed E-state index contributed by atoms with van der Waals surface area (Å²) in [6.07, 6.45) is 0.248. The molecule has 2 aromatic carbocycles. The lowest BCUT2D eigenvalue weighted by Crippen LogP contribution is -2.24. The second kappa shape index (κ2) is 6.60. The normalized spacial score (nSPS) is 19.0. The quantitative estimate of drug-likeness (QED) is 0.921. The van der Waals surface area contributed by atoms with E-state index in [1.807, 2.05) is 6.07 Å². The van der Waals surface area contributed by atoms with Crippen LogP contribution < -0.4 is 10.1 Å². The molecule has 0 aromatic heterocycles. The SMILES string of the molecule is O=C(Nc1c(F)cccc1Oc1ccccc1)[C@@H]1CCS(=O)(=O)C1. The van der Waals surface area contributed by atoms with Crippen LogP contribution in [0, 0.1) is 11.7 Å². The number of anilines is 1. The Morgan fingerprint density at radius 1 is 1.12 bits per heavy atom. The van der Waals surface area contributed by atoms with Crippen molar-refractivity contribution in [2.24, 2.45) is 5.92 Å². The molecule has 126 valence electrons. The van der Waals surface area contributed by atoms with E-state index >= 15 is 0 Å². The van der Waals surface area contributed by atoms with Gasteiger partial charge in [-0.15, -0.1) is 0 Å². The fraction of sp³-hybridized carbons (Fsp3) is 0.235. The zero-order valence-corrected chi connectivity index (χ0v) is 13.6. The first kappa shape index (κ1) is 16.4. The minimum atomic E-state index is -3.19. The maximum Gasteiger partial charge on any atom is 0.228 e. The number of ether oxygens (including phenoxy) is 1. The number of para-hydroxylation sites is 2. The second-order valence-electron chi connectivity index (χ2n) is 5.62. The highest BCUT2D eigenvalue weighted by atomic mass is 32.2. The molecule has 0 radical (unpaired) electrons. The van der Waals surface area contributed by atoms with E-state index in [1.165, 1.54) is 18.2 Å². The molecule has 3 rings (SSSR count). The average Bonchev–Trinajstić information content (AvgIpc) is 2.92. The standard InChI is InChI=1S/C17H16FNO4S/c18-14-7-4-8-15(23-13-5-2-1-3-6-13)16(14)19-17(20)12-9-10-24(21,22)11-12/h1-8,12H,9-11H2,(H,19,20)/t12-/m1/s1. The second-order valence-corrected chi connectivity index (χ2v) is 7.85. The molecule has 7 heteroatoms. The van der Waals surface area contributed by atoms with E-state index in [9.17, 15) is 17.6 Å². The van der Waals surface area contributed by atoms with Crippen molar-refractivity contribution in [3.8, 4) is 11.5 Å². The summed E-state index contributed by atoms with van der Waals surface area (Å²) < 4.78 is 42.7. The van der Waals surface area contributed by atoms with E-state index in [4.69, 9.17) is 4.74 Å². The van der Waals surface area contributed by atoms with Crippen LogP contribution in [0.25, 0.3) is 0 Å². The summed E-state index contributed by atoms with van der Waals surface area (Å²) >= 11 is 0. The summed E-state index contributed by atoms with van der Waals surface area (Å²) in [5.41, 5.74) is -0.0874. The highest BCUT2D eigenvalue weighted by Gasteiger charge is 2.33. The summed E-state index contributed by atoms with van der Waals surface area (Å²) in [7, 11) is -3.19. The Bertz CT molecular complexity index is 852. The van der Waals surface area contributed by atoms with Crippen LogP contribution in [-0.4, -0.2) is 25.8 Å². The van der Waals surface area contributed by atoms with E-state index in [2.05, 4.69) is 5.32 Å². The Balaban J connectivity index is 1.81. The molecular weight excluding hydrogens is 333 g/mol. The van der Waals surface area contributed by atoms with Gasteiger partial charge in [-0.3, -0.25) is 4.79 Å². The molecule has 1 N–H and O–H groups in total. The molecule has 0 unspecified atom stereocenters. The van der Waals surface area contributed by atoms with Crippen LogP contribution >= 0.6 is 0 Å². The molecule has 0 spiro atoms. The number of nitrogens with one attached hydrogen (secondary N) is 1. The summed E-state index contributed by atoms with van der Waals surface area (Å²) in [6.45, 7) is 0. The molecule has 1 fully saturated rings. The van der Waals surface area contributed by atoms with Gasteiger partial charge in [-0.2, -0.15) is 0 Å². The Hall–Kier alpha value is -2.41. The number of carbonyl (C=O) groups excluding carboxylic acids is 1. The van der Waals surface area contributed by atoms with Crippen LogP contribution in [0.3, 0.4) is 0 Å². The first-order chi connectivity index (χ1) is 11.4. The van der Waals surface area contributed by atoms with Gasteiger partial charge in [-0.05, 0) is 30.7 Å². The van der Waals surface area contributed by atoms with Crippen molar-refractivity contribution in [2.75, 3.05) is 16.8 Å². The third-order valence-corrected chi connectivity index (χ3v) is 5.57. The van der Waals surface area contributed by atoms with Gasteiger partial charge in [0.25, 0.3) is 0 Å². The molecule has 24 heavy (non-hydrogen) atoms. The molecule has 2 aromatic rings. The molecule has 0 bridgehead atoms. The maximum atomic E-state index is 14.1. The van der Waals surface area contributed by atoms with Crippen molar-refractivity contribution in [2.45, 2.75) is 6.42 Å². The smallest absolute Gasteiger partial charge is 0.228 e. The zero-order valence-electron chi connectivity index (χ0n) is 12.7. The van der Waals surface area contributed by atoms with Crippen LogP contribution in [0.4, 0.5) is 10.1 Å². The molecule has 1 aliphatic heterocycles. The van der Waals surface area contributed by atoms with Crippen LogP contribution in [0.15, 0.2) is 48.5 Å². The van der Waals surface area contributed by atoms with Gasteiger partial charge in [0.05, 0.1) is 17.4 Å². The third-order valence-electron chi connectivity index (χ3n) is 3.80. The summed E-state index contributed by atoms with van der Waals surface area (Å²) in [5, 5.41) is 2.48. The van der Waals surface area contributed by atoms with Crippen LogP contribution in [0.2, 0.25) is 0 Å². The third kappa shape index (κ3) is 3.73. The van der Waals surface area contributed by atoms with Crippen molar-refractivity contribution >= 4 is 21.4 Å². The topological polar surface area (TPSA) is 72.5 Å². The van der Waals surface area contributed by atoms with Crippen molar-refractivity contribution in [1.29, 1.82) is 0 Å². The number of amides is 1. The fourth-order valence-corrected chi connectivity index (χ4v) is 4.29. The molecule has 1 atom stereocenters. The van der Waals surface area contributed by atoms with Gasteiger partial charge < -0.3 is 10.1 Å². The maximum absolute atomic E-state index is 14.1. The van der Waals surface area contributed by atoms with Gasteiger partial charge in [0.1, 0.15) is 11.4 Å². The number of sulfone groups is 1. The molecule has 0 saturated carbocycles. The van der Waals surface area contributed by atoms with Gasteiger partial charge in [0.2, 0.25) is 5.91 Å². The Morgan fingerprint density at radius 2 is 1.88 bits per heavy atom. The number of benzene rings is 2. The number of halogens is 1. The van der Waals surface area contributed by atoms with E-state index < -0.39 is 27.5 Å². The number of hydrogen-bond acceptors (Lipinski definition) is 4. The number of hydrogen-bond donors (Lipinski definition) is 1. The van der Waals surface area contributed by atoms with Gasteiger partial charge in [-0.1, -0.05) is 24.3 Å². The zero-order chi connectivity index (χ0) is 17.2. The van der Waals surface area contributed by atoms with E-state index in [-0.39, 0.29) is 29.4 Å². The highest BCUT2D eigenvalue weighted by Crippen LogP contribution is 2.32. The molecule has 1 aliphatic rings. The van der Waals surface area contributed by atoms with Gasteiger partial charge in [0, 0.05) is 0 Å². The van der Waals surface area contributed by atoms with Crippen LogP contribution in [0.5, 0.6) is 11.5 Å². The molecule has 5 nitrogen and oxygen atoms in total. The summed E-state index contributed by atoms with van der Waals surface area (Å²) in [5.74, 6) is -1.38. The van der Waals surface area contributed by atoms with Crippen molar-refractivity contribution in [3.63, 3.8) is 0 Å². The largest absolute Gasteiger partial charge is 0.455 e. The Labute approximate surface area is 139 Å². The summed E-state index contributed by atoms with van der Waals surface area (Å²) in [6, 6.07) is 13.0. The Morgan fingerprint density at radius 3 is 2.54 bits per heavy atom. The van der Waals surface area contributed by atoms with E-state index in [0.29, 0.717) is 5.75 Å². The van der Waals surface area contributed by atoms with Gasteiger partial charge >= 0.3 is 0 Å². The lowest BCUT2D eigenvalue weighted by molar-refractivity contribution is -0.119. The molecular formula is C17H16FNO4S. The predicted molar refractivity (Wildman–Crippen MR) is 88.3 cm³/mol. The number of rotatable bonds is 4. The van der Waals surface area contributed by atoms with Crippen molar-refractivity contribution < 1.29 is 22.3 Å². The lowest BCUT2D eigenvalue weighted by atomic mass is 10.1. The molecule has 1 heterocycles. The predicted octanol–water partition coefficient (Wildman–Crippen LogP) is 2.99.